The summed E-state index contributed by atoms with van der Waals surface area (Å²) in [6.45, 7) is 2.07. The molecule has 1 rings (SSSR count). The van der Waals surface area contributed by atoms with Gasteiger partial charge in [-0.15, -0.1) is 0 Å². The molecule has 1 aromatic carbocycles. The van der Waals surface area contributed by atoms with Crippen LogP contribution in [0.1, 0.15) is 25.3 Å². The first-order valence-corrected chi connectivity index (χ1v) is 4.39. The molecule has 0 fully saturated rings. The van der Waals surface area contributed by atoms with Crippen molar-refractivity contribution in [3.8, 4) is 0 Å². The Morgan fingerprint density at radius 1 is 1.62 bits per heavy atom. The molecule has 0 saturated heterocycles. The Balaban J connectivity index is 2.84. The second-order valence-corrected chi connectivity index (χ2v) is 2.92. The molecule has 0 heterocycles. The average Bonchev–Trinajstić information content (AvgIpc) is 2.15. The molecular formula is C10H12NO2. The summed E-state index contributed by atoms with van der Waals surface area (Å²) in [5.41, 5.74) is 1.00. The highest BCUT2D eigenvalue weighted by Crippen LogP contribution is 2.18. The summed E-state index contributed by atoms with van der Waals surface area (Å²) in [4.78, 5) is 10.2. The minimum atomic E-state index is -0.346. The van der Waals surface area contributed by atoms with Gasteiger partial charge in [-0.2, -0.15) is 0 Å². The Kier molecular flexibility index (Phi) is 3.43. The summed E-state index contributed by atoms with van der Waals surface area (Å²) < 4.78 is 0. The molecule has 0 saturated carbocycles. The Morgan fingerprint density at radius 3 is 3.00 bits per heavy atom. The number of rotatable bonds is 4. The van der Waals surface area contributed by atoms with Crippen LogP contribution in [-0.4, -0.2) is 4.92 Å². The van der Waals surface area contributed by atoms with Gasteiger partial charge in [0.25, 0.3) is 5.69 Å². The average molecular weight is 178 g/mol. The van der Waals surface area contributed by atoms with Crippen LogP contribution in [0.3, 0.4) is 0 Å². The smallest absolute Gasteiger partial charge is 0.258 e. The van der Waals surface area contributed by atoms with Gasteiger partial charge in [0.05, 0.1) is 4.92 Å². The van der Waals surface area contributed by atoms with Crippen molar-refractivity contribution >= 4 is 5.69 Å². The third-order valence-corrected chi connectivity index (χ3v) is 1.93. The first kappa shape index (κ1) is 9.71. The Morgan fingerprint density at radius 2 is 2.38 bits per heavy atom. The molecule has 69 valence electrons. The highest BCUT2D eigenvalue weighted by molar-refractivity contribution is 5.39. The third kappa shape index (κ3) is 2.54. The summed E-state index contributed by atoms with van der Waals surface area (Å²) >= 11 is 0. The van der Waals surface area contributed by atoms with Gasteiger partial charge in [-0.25, -0.2) is 0 Å². The predicted molar refractivity (Wildman–Crippen MR) is 50.5 cm³/mol. The van der Waals surface area contributed by atoms with E-state index in [1.165, 1.54) is 6.07 Å². The maximum atomic E-state index is 10.6. The zero-order valence-corrected chi connectivity index (χ0v) is 7.62. The van der Waals surface area contributed by atoms with Crippen molar-refractivity contribution in [1.82, 2.24) is 0 Å². The fourth-order valence-corrected chi connectivity index (χ4v) is 1.20. The molecule has 0 spiro atoms. The SMILES string of the molecule is CCCCc1cc[c]cc1[N+](=O)[O-]. The van der Waals surface area contributed by atoms with Gasteiger partial charge in [0, 0.05) is 11.6 Å². The van der Waals surface area contributed by atoms with E-state index in [0.29, 0.717) is 0 Å². The molecule has 1 radical (unpaired) electrons. The minimum absolute atomic E-state index is 0.191. The first-order chi connectivity index (χ1) is 6.25. The van der Waals surface area contributed by atoms with Crippen LogP contribution in [0.5, 0.6) is 0 Å². The summed E-state index contributed by atoms with van der Waals surface area (Å²) in [6, 6.07) is 7.64. The molecule has 0 amide bonds. The number of hydrogen-bond donors (Lipinski definition) is 0. The van der Waals surface area contributed by atoms with Crippen molar-refractivity contribution in [2.75, 3.05) is 0 Å². The molecule has 13 heavy (non-hydrogen) atoms. The quantitative estimate of drug-likeness (QED) is 0.525. The minimum Gasteiger partial charge on any atom is -0.258 e. The largest absolute Gasteiger partial charge is 0.273 e. The molecule has 0 atom stereocenters. The summed E-state index contributed by atoms with van der Waals surface area (Å²) in [7, 11) is 0. The van der Waals surface area contributed by atoms with Gasteiger partial charge in [-0.1, -0.05) is 25.5 Å². The van der Waals surface area contributed by atoms with Crippen LogP contribution in [0.2, 0.25) is 0 Å². The van der Waals surface area contributed by atoms with Gasteiger partial charge in [-0.05, 0) is 18.9 Å². The third-order valence-electron chi connectivity index (χ3n) is 1.93. The van der Waals surface area contributed by atoms with Crippen molar-refractivity contribution in [3.05, 3.63) is 39.9 Å². The number of nitro benzene ring substituents is 1. The highest BCUT2D eigenvalue weighted by atomic mass is 16.6. The van der Waals surface area contributed by atoms with E-state index in [2.05, 4.69) is 13.0 Å². The molecule has 3 heteroatoms. The lowest BCUT2D eigenvalue weighted by Crippen LogP contribution is -1.94. The summed E-state index contributed by atoms with van der Waals surface area (Å²) in [5.74, 6) is 0. The Bertz CT molecular complexity index is 297. The van der Waals surface area contributed by atoms with Crippen molar-refractivity contribution in [2.24, 2.45) is 0 Å². The second-order valence-electron chi connectivity index (χ2n) is 2.92. The van der Waals surface area contributed by atoms with Gasteiger partial charge < -0.3 is 0 Å². The van der Waals surface area contributed by atoms with Crippen molar-refractivity contribution < 1.29 is 4.92 Å². The number of aryl methyl sites for hydroxylation is 1. The zero-order chi connectivity index (χ0) is 9.68. The van der Waals surface area contributed by atoms with E-state index in [-0.39, 0.29) is 10.6 Å². The fourth-order valence-electron chi connectivity index (χ4n) is 1.20. The van der Waals surface area contributed by atoms with E-state index in [9.17, 15) is 10.1 Å². The van der Waals surface area contributed by atoms with Crippen molar-refractivity contribution in [3.63, 3.8) is 0 Å². The zero-order valence-electron chi connectivity index (χ0n) is 7.62. The maximum absolute atomic E-state index is 10.6. The molecule has 3 nitrogen and oxygen atoms in total. The van der Waals surface area contributed by atoms with Crippen molar-refractivity contribution in [1.29, 1.82) is 0 Å². The molecule has 0 unspecified atom stereocenters. The second kappa shape index (κ2) is 4.60. The lowest BCUT2D eigenvalue weighted by Gasteiger charge is -2.00. The maximum Gasteiger partial charge on any atom is 0.273 e. The van der Waals surface area contributed by atoms with Crippen molar-refractivity contribution in [2.45, 2.75) is 26.2 Å². The van der Waals surface area contributed by atoms with Crippen LogP contribution in [0, 0.1) is 16.2 Å². The molecule has 0 aliphatic rings. The molecule has 1 aromatic rings. The Hall–Kier alpha value is -1.38. The van der Waals surface area contributed by atoms with E-state index in [4.69, 9.17) is 0 Å². The van der Waals surface area contributed by atoms with E-state index in [1.54, 1.807) is 12.1 Å². The van der Waals surface area contributed by atoms with Gasteiger partial charge in [0.15, 0.2) is 0 Å². The van der Waals surface area contributed by atoms with Crippen LogP contribution in [0.15, 0.2) is 18.2 Å². The van der Waals surface area contributed by atoms with Crippen LogP contribution >= 0.6 is 0 Å². The Labute approximate surface area is 77.5 Å². The normalized spacial score (nSPS) is 9.92. The van der Waals surface area contributed by atoms with Crippen LogP contribution < -0.4 is 0 Å². The van der Waals surface area contributed by atoms with Gasteiger partial charge in [0.1, 0.15) is 0 Å². The van der Waals surface area contributed by atoms with Gasteiger partial charge in [0.2, 0.25) is 0 Å². The van der Waals surface area contributed by atoms with Gasteiger partial charge >= 0.3 is 0 Å². The lowest BCUT2D eigenvalue weighted by molar-refractivity contribution is -0.385. The number of hydrogen-bond acceptors (Lipinski definition) is 2. The summed E-state index contributed by atoms with van der Waals surface area (Å²) in [6.07, 6.45) is 2.82. The monoisotopic (exact) mass is 178 g/mol. The van der Waals surface area contributed by atoms with Gasteiger partial charge in [-0.3, -0.25) is 10.1 Å². The molecule has 0 N–H and O–H groups in total. The molecule has 0 bridgehead atoms. The molecule has 0 aliphatic carbocycles. The number of nitrogens with zero attached hydrogens (tertiary/aromatic N) is 1. The summed E-state index contributed by atoms with van der Waals surface area (Å²) in [5, 5.41) is 10.6. The van der Waals surface area contributed by atoms with E-state index in [0.717, 1.165) is 24.8 Å². The topological polar surface area (TPSA) is 43.1 Å². The predicted octanol–water partition coefficient (Wildman–Crippen LogP) is 2.74. The van der Waals surface area contributed by atoms with E-state index >= 15 is 0 Å². The van der Waals surface area contributed by atoms with Crippen LogP contribution in [0.4, 0.5) is 5.69 Å². The molecule has 0 aliphatic heterocycles. The highest BCUT2D eigenvalue weighted by Gasteiger charge is 2.10. The van der Waals surface area contributed by atoms with E-state index < -0.39 is 0 Å². The van der Waals surface area contributed by atoms with E-state index in [1.807, 2.05) is 0 Å². The number of benzene rings is 1. The standard InChI is InChI=1S/C10H12NO2/c1-2-3-6-9-7-4-5-8-10(9)11(12)13/h4,7-8H,2-3,6H2,1H3. The van der Waals surface area contributed by atoms with Crippen LogP contribution in [-0.2, 0) is 6.42 Å². The molecular weight excluding hydrogens is 166 g/mol. The molecule has 0 aromatic heterocycles. The number of nitro groups is 1. The number of unbranched alkanes of at least 4 members (excludes halogenated alkanes) is 1. The lowest BCUT2D eigenvalue weighted by atomic mass is 10.1. The van der Waals surface area contributed by atoms with Crippen LogP contribution in [0.25, 0.3) is 0 Å². The fraction of sp³-hybridized carbons (Fsp3) is 0.400. The first-order valence-electron chi connectivity index (χ1n) is 4.39.